The maximum atomic E-state index is 5.98. The number of hydrogen-bond donors (Lipinski definition) is 1. The minimum atomic E-state index is 0.578. The van der Waals surface area contributed by atoms with Crippen LogP contribution in [0.4, 0.5) is 5.69 Å². The summed E-state index contributed by atoms with van der Waals surface area (Å²) in [5.41, 5.74) is 2.32. The summed E-state index contributed by atoms with van der Waals surface area (Å²) in [7, 11) is 2.11. The Morgan fingerprint density at radius 2 is 1.75 bits per heavy atom. The number of halogens is 2. The third-order valence-corrected chi connectivity index (χ3v) is 3.78. The van der Waals surface area contributed by atoms with Gasteiger partial charge in [0, 0.05) is 25.3 Å². The number of anilines is 1. The average molecular weight is 309 g/mol. The monoisotopic (exact) mass is 308 g/mol. The highest BCUT2D eigenvalue weighted by Crippen LogP contribution is 2.24. The molecule has 20 heavy (non-hydrogen) atoms. The molecule has 0 aliphatic rings. The molecule has 0 atom stereocenters. The second-order valence-electron chi connectivity index (χ2n) is 4.78. The van der Waals surface area contributed by atoms with Crippen molar-refractivity contribution in [2.24, 2.45) is 0 Å². The Bertz CT molecular complexity index is 543. The van der Waals surface area contributed by atoms with Crippen LogP contribution in [0.5, 0.6) is 0 Å². The Morgan fingerprint density at radius 1 is 1.00 bits per heavy atom. The van der Waals surface area contributed by atoms with Crippen LogP contribution in [-0.2, 0) is 6.54 Å². The van der Waals surface area contributed by atoms with E-state index in [1.54, 1.807) is 6.07 Å². The van der Waals surface area contributed by atoms with Gasteiger partial charge in [-0.2, -0.15) is 0 Å². The first kappa shape index (κ1) is 15.2. The lowest BCUT2D eigenvalue weighted by molar-refractivity contribution is 0.340. The summed E-state index contributed by atoms with van der Waals surface area (Å²) < 4.78 is 0. The van der Waals surface area contributed by atoms with Gasteiger partial charge in [0.05, 0.1) is 10.0 Å². The summed E-state index contributed by atoms with van der Waals surface area (Å²) in [6.07, 6.45) is 0. The van der Waals surface area contributed by atoms with E-state index in [2.05, 4.69) is 41.5 Å². The minimum absolute atomic E-state index is 0.578. The molecule has 2 rings (SSSR count). The van der Waals surface area contributed by atoms with Crippen molar-refractivity contribution in [2.45, 2.75) is 6.54 Å². The van der Waals surface area contributed by atoms with Crippen LogP contribution in [0.2, 0.25) is 10.0 Å². The number of nitrogens with one attached hydrogen (secondary N) is 1. The molecule has 0 bridgehead atoms. The summed E-state index contributed by atoms with van der Waals surface area (Å²) in [4.78, 5) is 2.28. The van der Waals surface area contributed by atoms with E-state index < -0.39 is 0 Å². The maximum absolute atomic E-state index is 5.98. The molecule has 0 heterocycles. The van der Waals surface area contributed by atoms with Crippen LogP contribution < -0.4 is 5.32 Å². The highest BCUT2D eigenvalue weighted by atomic mass is 35.5. The molecule has 0 aliphatic carbocycles. The Hall–Kier alpha value is -1.22. The zero-order chi connectivity index (χ0) is 14.4. The van der Waals surface area contributed by atoms with Gasteiger partial charge in [0.15, 0.2) is 0 Å². The van der Waals surface area contributed by atoms with Crippen molar-refractivity contribution in [1.29, 1.82) is 0 Å². The molecular formula is C16H18Cl2N2. The smallest absolute Gasteiger partial charge is 0.0612 e. The lowest BCUT2D eigenvalue weighted by Crippen LogP contribution is -2.24. The first-order chi connectivity index (χ1) is 9.65. The van der Waals surface area contributed by atoms with Crippen LogP contribution in [0.15, 0.2) is 48.5 Å². The van der Waals surface area contributed by atoms with Gasteiger partial charge in [-0.05, 0) is 30.8 Å². The molecule has 0 radical (unpaired) electrons. The molecule has 0 fully saturated rings. The normalized spacial score (nSPS) is 10.8. The molecule has 106 valence electrons. The van der Waals surface area contributed by atoms with Crippen LogP contribution in [0.25, 0.3) is 0 Å². The predicted molar refractivity (Wildman–Crippen MR) is 87.7 cm³/mol. The van der Waals surface area contributed by atoms with Gasteiger partial charge in [0.25, 0.3) is 0 Å². The van der Waals surface area contributed by atoms with Crippen LogP contribution in [0.1, 0.15) is 5.56 Å². The van der Waals surface area contributed by atoms with Gasteiger partial charge in [-0.15, -0.1) is 0 Å². The van der Waals surface area contributed by atoms with Crippen molar-refractivity contribution < 1.29 is 0 Å². The Labute approximate surface area is 130 Å². The summed E-state index contributed by atoms with van der Waals surface area (Å²) in [6, 6.07) is 16.0. The van der Waals surface area contributed by atoms with E-state index in [0.717, 1.165) is 25.3 Å². The highest BCUT2D eigenvalue weighted by Gasteiger charge is 2.01. The number of nitrogens with zero attached hydrogens (tertiary/aromatic N) is 1. The summed E-state index contributed by atoms with van der Waals surface area (Å²) >= 11 is 11.9. The van der Waals surface area contributed by atoms with Crippen molar-refractivity contribution in [3.63, 3.8) is 0 Å². The van der Waals surface area contributed by atoms with E-state index in [1.165, 1.54) is 5.56 Å². The van der Waals surface area contributed by atoms with E-state index in [1.807, 2.05) is 18.2 Å². The number of benzene rings is 2. The highest BCUT2D eigenvalue weighted by molar-refractivity contribution is 6.42. The number of likely N-dealkylation sites (N-methyl/N-ethyl adjacent to an activating group) is 1. The van der Waals surface area contributed by atoms with Crippen molar-refractivity contribution >= 4 is 28.9 Å². The maximum Gasteiger partial charge on any atom is 0.0612 e. The van der Waals surface area contributed by atoms with Crippen LogP contribution in [0.3, 0.4) is 0 Å². The molecule has 0 aliphatic heterocycles. The standard InChI is InChI=1S/C16H18Cl2N2/c1-20(12-13-5-3-2-4-6-13)10-9-19-14-7-8-15(17)16(18)11-14/h2-8,11,19H,9-10,12H2,1H3. The molecule has 0 aromatic heterocycles. The second-order valence-corrected chi connectivity index (χ2v) is 5.59. The first-order valence-corrected chi connectivity index (χ1v) is 7.32. The van der Waals surface area contributed by atoms with Gasteiger partial charge in [-0.3, -0.25) is 0 Å². The Balaban J connectivity index is 1.76. The third-order valence-electron chi connectivity index (χ3n) is 3.04. The van der Waals surface area contributed by atoms with Gasteiger partial charge in [0.1, 0.15) is 0 Å². The molecule has 2 nitrogen and oxygen atoms in total. The summed E-state index contributed by atoms with van der Waals surface area (Å²) in [5.74, 6) is 0. The molecule has 0 amide bonds. The topological polar surface area (TPSA) is 15.3 Å². The molecule has 0 spiro atoms. The van der Waals surface area contributed by atoms with Crippen molar-refractivity contribution in [1.82, 2.24) is 4.90 Å². The molecule has 2 aromatic carbocycles. The average Bonchev–Trinajstić information content (AvgIpc) is 2.44. The third kappa shape index (κ3) is 4.71. The van der Waals surface area contributed by atoms with E-state index in [4.69, 9.17) is 23.2 Å². The number of hydrogen-bond acceptors (Lipinski definition) is 2. The molecule has 4 heteroatoms. The van der Waals surface area contributed by atoms with Gasteiger partial charge in [0.2, 0.25) is 0 Å². The molecular weight excluding hydrogens is 291 g/mol. The summed E-state index contributed by atoms with van der Waals surface area (Å²) in [6.45, 7) is 2.76. The zero-order valence-corrected chi connectivity index (χ0v) is 13.0. The SMILES string of the molecule is CN(CCNc1ccc(Cl)c(Cl)c1)Cc1ccccc1. The largest absolute Gasteiger partial charge is 0.384 e. The quantitative estimate of drug-likeness (QED) is 0.843. The molecule has 0 saturated carbocycles. The van der Waals surface area contributed by atoms with Crippen molar-refractivity contribution in [2.75, 3.05) is 25.5 Å². The molecule has 1 N–H and O–H groups in total. The Morgan fingerprint density at radius 3 is 2.45 bits per heavy atom. The molecule has 0 saturated heterocycles. The fraction of sp³-hybridized carbons (Fsp3) is 0.250. The minimum Gasteiger partial charge on any atom is -0.384 e. The fourth-order valence-electron chi connectivity index (χ4n) is 1.97. The van der Waals surface area contributed by atoms with Gasteiger partial charge in [-0.25, -0.2) is 0 Å². The second kappa shape index (κ2) is 7.53. The van der Waals surface area contributed by atoms with E-state index >= 15 is 0 Å². The van der Waals surface area contributed by atoms with Crippen LogP contribution >= 0.6 is 23.2 Å². The molecule has 2 aromatic rings. The van der Waals surface area contributed by atoms with Gasteiger partial charge in [-0.1, -0.05) is 53.5 Å². The predicted octanol–water partition coefficient (Wildman–Crippen LogP) is 4.54. The van der Waals surface area contributed by atoms with Crippen molar-refractivity contribution in [3.8, 4) is 0 Å². The Kier molecular flexibility index (Phi) is 5.72. The molecule has 0 unspecified atom stereocenters. The zero-order valence-electron chi connectivity index (χ0n) is 11.4. The van der Waals surface area contributed by atoms with E-state index in [9.17, 15) is 0 Å². The first-order valence-electron chi connectivity index (χ1n) is 6.56. The lowest BCUT2D eigenvalue weighted by Gasteiger charge is -2.17. The number of rotatable bonds is 6. The van der Waals surface area contributed by atoms with Crippen LogP contribution in [-0.4, -0.2) is 25.0 Å². The lowest BCUT2D eigenvalue weighted by atomic mass is 10.2. The van der Waals surface area contributed by atoms with Gasteiger partial charge < -0.3 is 10.2 Å². The van der Waals surface area contributed by atoms with Crippen LogP contribution in [0, 0.1) is 0 Å². The fourth-order valence-corrected chi connectivity index (χ4v) is 2.27. The summed E-state index contributed by atoms with van der Waals surface area (Å²) in [5, 5.41) is 4.50. The van der Waals surface area contributed by atoms with Crippen molar-refractivity contribution in [3.05, 3.63) is 64.1 Å². The van der Waals surface area contributed by atoms with E-state index in [-0.39, 0.29) is 0 Å². The van der Waals surface area contributed by atoms with E-state index in [0.29, 0.717) is 10.0 Å². The van der Waals surface area contributed by atoms with Gasteiger partial charge >= 0.3 is 0 Å².